The van der Waals surface area contributed by atoms with Crippen LogP contribution in [0.5, 0.6) is 0 Å². The van der Waals surface area contributed by atoms with E-state index < -0.39 is 0 Å². The van der Waals surface area contributed by atoms with Gasteiger partial charge in [-0.2, -0.15) is 0 Å². The number of rotatable bonds is 7. The second-order valence-electron chi connectivity index (χ2n) is 6.22. The van der Waals surface area contributed by atoms with Crippen LogP contribution in [-0.4, -0.2) is 22.6 Å². The van der Waals surface area contributed by atoms with Crippen molar-refractivity contribution < 1.29 is 0 Å². The van der Waals surface area contributed by atoms with E-state index in [9.17, 15) is 0 Å². The number of hydrogen-bond acceptors (Lipinski definition) is 2. The van der Waals surface area contributed by atoms with Gasteiger partial charge in [-0.25, -0.2) is 4.98 Å². The van der Waals surface area contributed by atoms with Crippen molar-refractivity contribution in [2.45, 2.75) is 47.6 Å². The topological polar surface area (TPSA) is 29.9 Å². The van der Waals surface area contributed by atoms with Crippen LogP contribution < -0.4 is 5.32 Å². The van der Waals surface area contributed by atoms with Crippen molar-refractivity contribution in [3.63, 3.8) is 0 Å². The minimum Gasteiger partial charge on any atom is -0.329 e. The third-order valence-corrected chi connectivity index (χ3v) is 3.21. The zero-order chi connectivity index (χ0) is 14.4. The average Bonchev–Trinajstić information content (AvgIpc) is 2.75. The van der Waals surface area contributed by atoms with Crippen LogP contribution in [0.1, 0.15) is 53.3 Å². The molecule has 0 radical (unpaired) electrons. The molecule has 1 N–H and O–H groups in total. The summed E-state index contributed by atoms with van der Waals surface area (Å²) in [5.74, 6) is 1.24. The summed E-state index contributed by atoms with van der Waals surface area (Å²) in [7, 11) is 0. The van der Waals surface area contributed by atoms with Gasteiger partial charge in [0, 0.05) is 12.6 Å². The van der Waals surface area contributed by atoms with Gasteiger partial charge in [0.15, 0.2) is 0 Å². The van der Waals surface area contributed by atoms with Gasteiger partial charge in [-0.05, 0) is 38.3 Å². The Labute approximate surface area is 118 Å². The van der Waals surface area contributed by atoms with E-state index in [0.717, 1.165) is 13.1 Å². The second kappa shape index (κ2) is 7.49. The fourth-order valence-electron chi connectivity index (χ4n) is 1.98. The third-order valence-electron chi connectivity index (χ3n) is 3.21. The minimum absolute atomic E-state index is 0.450. The van der Waals surface area contributed by atoms with Crippen molar-refractivity contribution in [2.24, 2.45) is 11.8 Å². The Hall–Kier alpha value is -1.09. The summed E-state index contributed by atoms with van der Waals surface area (Å²) in [4.78, 5) is 4.26. The molecule has 0 aliphatic heterocycles. The molecule has 0 spiro atoms. The van der Waals surface area contributed by atoms with Crippen LogP contribution in [-0.2, 0) is 0 Å². The van der Waals surface area contributed by atoms with Crippen molar-refractivity contribution in [3.8, 4) is 0 Å². The maximum atomic E-state index is 4.26. The first-order valence-electron chi connectivity index (χ1n) is 7.34. The highest BCUT2D eigenvalue weighted by molar-refractivity contribution is 5.49. The fraction of sp³-hybridized carbons (Fsp3) is 0.688. The molecule has 19 heavy (non-hydrogen) atoms. The summed E-state index contributed by atoms with van der Waals surface area (Å²) in [6.45, 7) is 15.4. The minimum atomic E-state index is 0.450. The molecule has 3 heteroatoms. The molecule has 0 unspecified atom stereocenters. The molecular weight excluding hydrogens is 234 g/mol. The van der Waals surface area contributed by atoms with E-state index in [1.807, 2.05) is 12.5 Å². The van der Waals surface area contributed by atoms with Crippen LogP contribution in [0.4, 0.5) is 0 Å². The molecule has 1 aromatic rings. The van der Waals surface area contributed by atoms with Gasteiger partial charge in [-0.15, -0.1) is 0 Å². The summed E-state index contributed by atoms with van der Waals surface area (Å²) >= 11 is 0. The average molecular weight is 263 g/mol. The number of imidazole rings is 1. The van der Waals surface area contributed by atoms with Crippen LogP contribution in [0, 0.1) is 11.8 Å². The van der Waals surface area contributed by atoms with Gasteiger partial charge >= 0.3 is 0 Å². The van der Waals surface area contributed by atoms with E-state index >= 15 is 0 Å². The largest absolute Gasteiger partial charge is 0.329 e. The quantitative estimate of drug-likeness (QED) is 0.812. The van der Waals surface area contributed by atoms with Crippen LogP contribution in [0.25, 0.3) is 6.08 Å². The first-order chi connectivity index (χ1) is 8.91. The van der Waals surface area contributed by atoms with Crippen molar-refractivity contribution >= 4 is 6.08 Å². The van der Waals surface area contributed by atoms with Crippen molar-refractivity contribution in [3.05, 3.63) is 23.8 Å². The zero-order valence-corrected chi connectivity index (χ0v) is 13.3. The molecule has 0 amide bonds. The van der Waals surface area contributed by atoms with Gasteiger partial charge in [-0.3, -0.25) is 0 Å². The Bertz CT molecular complexity index is 400. The zero-order valence-electron chi connectivity index (χ0n) is 13.3. The normalized spacial score (nSPS) is 13.0. The van der Waals surface area contributed by atoms with Crippen LogP contribution in [0.2, 0.25) is 0 Å². The number of nitrogens with zero attached hydrogens (tertiary/aromatic N) is 2. The van der Waals surface area contributed by atoms with Gasteiger partial charge in [0.05, 0.1) is 18.2 Å². The van der Waals surface area contributed by atoms with E-state index in [2.05, 4.69) is 62.5 Å². The van der Waals surface area contributed by atoms with Crippen molar-refractivity contribution in [1.82, 2.24) is 14.9 Å². The van der Waals surface area contributed by atoms with Crippen molar-refractivity contribution in [1.29, 1.82) is 0 Å². The number of nitrogens with one attached hydrogen (secondary N) is 1. The Kier molecular flexibility index (Phi) is 6.29. The molecule has 1 heterocycles. The van der Waals surface area contributed by atoms with Gasteiger partial charge in [0.25, 0.3) is 0 Å². The summed E-state index contributed by atoms with van der Waals surface area (Å²) in [5.41, 5.74) is 2.63. The molecule has 0 aliphatic rings. The van der Waals surface area contributed by atoms with E-state index in [-0.39, 0.29) is 0 Å². The molecule has 0 saturated heterocycles. The molecule has 108 valence electrons. The lowest BCUT2D eigenvalue weighted by Gasteiger charge is -2.15. The maximum Gasteiger partial charge on any atom is 0.0953 e. The fourth-order valence-corrected chi connectivity index (χ4v) is 1.98. The monoisotopic (exact) mass is 263 g/mol. The first-order valence-corrected chi connectivity index (χ1v) is 7.34. The van der Waals surface area contributed by atoms with Gasteiger partial charge in [0.1, 0.15) is 0 Å². The first kappa shape index (κ1) is 16.0. The predicted octanol–water partition coefficient (Wildman–Crippen LogP) is 3.75. The van der Waals surface area contributed by atoms with Crippen LogP contribution >= 0.6 is 0 Å². The maximum absolute atomic E-state index is 4.26. The molecule has 0 fully saturated rings. The highest BCUT2D eigenvalue weighted by atomic mass is 15.1. The lowest BCUT2D eigenvalue weighted by Crippen LogP contribution is -2.23. The summed E-state index contributed by atoms with van der Waals surface area (Å²) in [6.07, 6.45) is 6.14. The summed E-state index contributed by atoms with van der Waals surface area (Å²) in [5, 5.41) is 3.53. The predicted molar refractivity (Wildman–Crippen MR) is 83.1 cm³/mol. The molecule has 0 bridgehead atoms. The highest BCUT2D eigenvalue weighted by Crippen LogP contribution is 2.16. The van der Waals surface area contributed by atoms with Gasteiger partial charge < -0.3 is 9.88 Å². The molecular formula is C16H29N3. The van der Waals surface area contributed by atoms with E-state index in [1.165, 1.54) is 11.3 Å². The smallest absolute Gasteiger partial charge is 0.0953 e. The van der Waals surface area contributed by atoms with Crippen LogP contribution in [0.3, 0.4) is 0 Å². The third kappa shape index (κ3) is 5.19. The van der Waals surface area contributed by atoms with E-state index in [0.29, 0.717) is 17.9 Å². The molecule has 0 aromatic carbocycles. The number of aromatic nitrogens is 2. The highest BCUT2D eigenvalue weighted by Gasteiger charge is 2.08. The van der Waals surface area contributed by atoms with Gasteiger partial charge in [-0.1, -0.05) is 33.3 Å². The Morgan fingerprint density at radius 2 is 1.95 bits per heavy atom. The molecule has 0 saturated carbocycles. The summed E-state index contributed by atoms with van der Waals surface area (Å²) in [6, 6.07) is 0.450. The molecule has 0 aliphatic carbocycles. The Balaban J connectivity index is 2.80. The number of hydrogen-bond donors (Lipinski definition) is 1. The molecule has 1 rings (SSSR count). The lowest BCUT2D eigenvalue weighted by molar-refractivity contribution is 0.557. The van der Waals surface area contributed by atoms with Crippen LogP contribution in [0.15, 0.2) is 18.1 Å². The lowest BCUT2D eigenvalue weighted by atomic mass is 10.0. The van der Waals surface area contributed by atoms with E-state index in [1.54, 1.807) is 0 Å². The van der Waals surface area contributed by atoms with Crippen molar-refractivity contribution in [2.75, 3.05) is 13.1 Å². The Morgan fingerprint density at radius 1 is 1.26 bits per heavy atom. The summed E-state index contributed by atoms with van der Waals surface area (Å²) < 4.78 is 2.21. The molecule has 1 aromatic heterocycles. The molecule has 3 nitrogen and oxygen atoms in total. The molecule has 0 atom stereocenters. The van der Waals surface area contributed by atoms with E-state index in [4.69, 9.17) is 0 Å². The second-order valence-corrected chi connectivity index (χ2v) is 6.22. The Morgan fingerprint density at radius 3 is 2.47 bits per heavy atom. The standard InChI is InChI=1S/C16H29N3/c1-12(2)8-17-9-15(13(3)4)7-16-10-18-11-19(16)14(5)6/h7,10-14,17H,8-9H2,1-6H3. The van der Waals surface area contributed by atoms with Gasteiger partial charge in [0.2, 0.25) is 0 Å². The SMILES string of the molecule is CC(C)CNCC(=Cc1cncn1C(C)C)C(C)C.